The highest BCUT2D eigenvalue weighted by atomic mass is 32.1. The average Bonchev–Trinajstić information content (AvgIpc) is 2.83. The van der Waals surface area contributed by atoms with E-state index in [0.29, 0.717) is 6.42 Å². The van der Waals surface area contributed by atoms with Crippen molar-refractivity contribution < 1.29 is 4.79 Å². The summed E-state index contributed by atoms with van der Waals surface area (Å²) >= 11 is 1.73. The Morgan fingerprint density at radius 2 is 1.80 bits per heavy atom. The van der Waals surface area contributed by atoms with E-state index in [1.807, 2.05) is 0 Å². The SMILES string of the molecule is CC(C)(C)N1CCN(c2nc3c(s2)CCCC3=O)CC1. The number of ketones is 1. The van der Waals surface area contributed by atoms with Gasteiger partial charge in [-0.2, -0.15) is 0 Å². The molecule has 1 saturated heterocycles. The van der Waals surface area contributed by atoms with Crippen LogP contribution >= 0.6 is 11.3 Å². The molecule has 1 aliphatic carbocycles. The Bertz CT molecular complexity index is 510. The molecule has 2 aliphatic rings. The zero-order valence-electron chi connectivity index (χ0n) is 12.6. The predicted octanol–water partition coefficient (Wildman–Crippen LogP) is 2.58. The molecule has 3 rings (SSSR count). The maximum absolute atomic E-state index is 11.9. The van der Waals surface area contributed by atoms with E-state index >= 15 is 0 Å². The quantitative estimate of drug-likeness (QED) is 0.797. The molecule has 1 aromatic heterocycles. The number of hydrogen-bond acceptors (Lipinski definition) is 5. The Balaban J connectivity index is 1.71. The molecule has 0 N–H and O–H groups in total. The fourth-order valence-electron chi connectivity index (χ4n) is 2.96. The highest BCUT2D eigenvalue weighted by molar-refractivity contribution is 7.16. The molecular formula is C15H23N3OS. The van der Waals surface area contributed by atoms with Crippen LogP contribution in [-0.2, 0) is 6.42 Å². The monoisotopic (exact) mass is 293 g/mol. The topological polar surface area (TPSA) is 36.4 Å². The molecule has 5 heteroatoms. The Kier molecular flexibility index (Phi) is 3.58. The van der Waals surface area contributed by atoms with E-state index in [-0.39, 0.29) is 11.3 Å². The van der Waals surface area contributed by atoms with Crippen LogP contribution in [0.5, 0.6) is 0 Å². The fourth-order valence-corrected chi connectivity index (χ4v) is 4.13. The average molecular weight is 293 g/mol. The van der Waals surface area contributed by atoms with Crippen molar-refractivity contribution in [3.05, 3.63) is 10.6 Å². The van der Waals surface area contributed by atoms with Gasteiger partial charge in [0.05, 0.1) is 0 Å². The molecular weight excluding hydrogens is 270 g/mol. The van der Waals surface area contributed by atoms with Crippen LogP contribution in [0.2, 0.25) is 0 Å². The molecule has 0 saturated carbocycles. The normalized spacial score (nSPS) is 21.1. The number of fused-ring (bicyclic) bond motifs is 1. The number of thiazole rings is 1. The Morgan fingerprint density at radius 3 is 2.40 bits per heavy atom. The number of piperazine rings is 1. The van der Waals surface area contributed by atoms with Crippen molar-refractivity contribution in [2.75, 3.05) is 31.1 Å². The van der Waals surface area contributed by atoms with Gasteiger partial charge in [-0.15, -0.1) is 11.3 Å². The van der Waals surface area contributed by atoms with Crippen LogP contribution in [0.4, 0.5) is 5.13 Å². The Labute approximate surface area is 124 Å². The van der Waals surface area contributed by atoms with Crippen LogP contribution in [0.3, 0.4) is 0 Å². The zero-order valence-corrected chi connectivity index (χ0v) is 13.4. The largest absolute Gasteiger partial charge is 0.346 e. The molecule has 1 fully saturated rings. The molecule has 1 aliphatic heterocycles. The molecule has 0 unspecified atom stereocenters. The first-order valence-electron chi connectivity index (χ1n) is 7.48. The van der Waals surface area contributed by atoms with Gasteiger partial charge in [0, 0.05) is 43.0 Å². The van der Waals surface area contributed by atoms with Crippen LogP contribution in [0.1, 0.15) is 49.0 Å². The molecule has 0 spiro atoms. The van der Waals surface area contributed by atoms with Crippen LogP contribution < -0.4 is 4.90 Å². The fraction of sp³-hybridized carbons (Fsp3) is 0.733. The third-order valence-electron chi connectivity index (χ3n) is 4.26. The molecule has 4 nitrogen and oxygen atoms in total. The molecule has 0 atom stereocenters. The summed E-state index contributed by atoms with van der Waals surface area (Å²) in [5.41, 5.74) is 0.999. The van der Waals surface area contributed by atoms with Crippen LogP contribution in [0, 0.1) is 0 Å². The lowest BCUT2D eigenvalue weighted by Gasteiger charge is -2.42. The van der Waals surface area contributed by atoms with Crippen LogP contribution in [0.25, 0.3) is 0 Å². The van der Waals surface area contributed by atoms with E-state index in [9.17, 15) is 4.79 Å². The first kappa shape index (κ1) is 14.0. The summed E-state index contributed by atoms with van der Waals surface area (Å²) in [4.78, 5) is 22.6. The summed E-state index contributed by atoms with van der Waals surface area (Å²) in [5.74, 6) is 0.238. The first-order valence-corrected chi connectivity index (χ1v) is 8.30. The predicted molar refractivity (Wildman–Crippen MR) is 82.9 cm³/mol. The number of anilines is 1. The Morgan fingerprint density at radius 1 is 1.10 bits per heavy atom. The van der Waals surface area contributed by atoms with Crippen molar-refractivity contribution in [3.8, 4) is 0 Å². The second kappa shape index (κ2) is 5.11. The van der Waals surface area contributed by atoms with Gasteiger partial charge in [0.15, 0.2) is 10.9 Å². The first-order chi connectivity index (χ1) is 9.45. The molecule has 2 heterocycles. The minimum atomic E-state index is 0.238. The maximum atomic E-state index is 11.9. The minimum absolute atomic E-state index is 0.238. The summed E-state index contributed by atoms with van der Waals surface area (Å²) in [6.07, 6.45) is 2.69. The third-order valence-corrected chi connectivity index (χ3v) is 5.43. The van der Waals surface area contributed by atoms with Gasteiger partial charge in [-0.1, -0.05) is 0 Å². The number of carbonyl (C=O) groups is 1. The smallest absolute Gasteiger partial charge is 0.186 e. The lowest BCUT2D eigenvalue weighted by molar-refractivity contribution is 0.0968. The van der Waals surface area contributed by atoms with E-state index < -0.39 is 0 Å². The summed E-state index contributed by atoms with van der Waals surface area (Å²) in [6.45, 7) is 11.0. The molecule has 110 valence electrons. The van der Waals surface area contributed by atoms with E-state index in [4.69, 9.17) is 0 Å². The number of Topliss-reactive ketones (excluding diaryl/α,β-unsaturated/α-hetero) is 1. The van der Waals surface area contributed by atoms with Crippen LogP contribution in [-0.4, -0.2) is 47.4 Å². The molecule has 0 aromatic carbocycles. The zero-order chi connectivity index (χ0) is 14.3. The number of aromatic nitrogens is 1. The van der Waals surface area contributed by atoms with Crippen molar-refractivity contribution in [1.29, 1.82) is 0 Å². The van der Waals surface area contributed by atoms with Gasteiger partial charge in [0.1, 0.15) is 5.69 Å². The highest BCUT2D eigenvalue weighted by Gasteiger charge is 2.29. The number of nitrogens with zero attached hydrogens (tertiary/aromatic N) is 3. The van der Waals surface area contributed by atoms with Crippen molar-refractivity contribution in [2.45, 2.75) is 45.6 Å². The second-order valence-electron chi connectivity index (χ2n) is 6.69. The number of hydrogen-bond donors (Lipinski definition) is 0. The van der Waals surface area contributed by atoms with E-state index in [0.717, 1.165) is 49.8 Å². The summed E-state index contributed by atoms with van der Waals surface area (Å²) in [5, 5.41) is 1.05. The molecule has 0 amide bonds. The van der Waals surface area contributed by atoms with Crippen molar-refractivity contribution in [3.63, 3.8) is 0 Å². The summed E-state index contributed by atoms with van der Waals surface area (Å²) in [6, 6.07) is 0. The molecule has 1 aromatic rings. The van der Waals surface area contributed by atoms with Crippen molar-refractivity contribution in [1.82, 2.24) is 9.88 Å². The van der Waals surface area contributed by atoms with Gasteiger partial charge in [-0.25, -0.2) is 4.98 Å². The third kappa shape index (κ3) is 2.61. The van der Waals surface area contributed by atoms with Gasteiger partial charge in [-0.05, 0) is 33.6 Å². The molecule has 0 bridgehead atoms. The van der Waals surface area contributed by atoms with Gasteiger partial charge in [0.25, 0.3) is 0 Å². The lowest BCUT2D eigenvalue weighted by Crippen LogP contribution is -2.53. The van der Waals surface area contributed by atoms with E-state index in [2.05, 4.69) is 35.6 Å². The maximum Gasteiger partial charge on any atom is 0.186 e. The molecule has 20 heavy (non-hydrogen) atoms. The number of aryl methyl sites for hydroxylation is 1. The lowest BCUT2D eigenvalue weighted by atomic mass is 10.0. The van der Waals surface area contributed by atoms with Crippen molar-refractivity contribution >= 4 is 22.3 Å². The number of carbonyl (C=O) groups excluding carboxylic acids is 1. The van der Waals surface area contributed by atoms with Crippen LogP contribution in [0.15, 0.2) is 0 Å². The van der Waals surface area contributed by atoms with Gasteiger partial charge in [0.2, 0.25) is 0 Å². The summed E-state index contributed by atoms with van der Waals surface area (Å²) in [7, 11) is 0. The van der Waals surface area contributed by atoms with E-state index in [1.165, 1.54) is 4.88 Å². The summed E-state index contributed by atoms with van der Waals surface area (Å²) < 4.78 is 0. The van der Waals surface area contributed by atoms with Gasteiger partial charge >= 0.3 is 0 Å². The van der Waals surface area contributed by atoms with Crippen molar-refractivity contribution in [2.24, 2.45) is 0 Å². The highest BCUT2D eigenvalue weighted by Crippen LogP contribution is 2.32. The van der Waals surface area contributed by atoms with Gasteiger partial charge < -0.3 is 4.90 Å². The van der Waals surface area contributed by atoms with Gasteiger partial charge in [-0.3, -0.25) is 9.69 Å². The second-order valence-corrected chi connectivity index (χ2v) is 7.75. The molecule has 0 radical (unpaired) electrons. The minimum Gasteiger partial charge on any atom is -0.346 e. The standard InChI is InChI=1S/C15H23N3OS/c1-15(2,3)18-9-7-17(8-10-18)14-16-13-11(19)5-4-6-12(13)20-14/h4-10H2,1-3H3. The Hall–Kier alpha value is -0.940. The van der Waals surface area contributed by atoms with E-state index in [1.54, 1.807) is 11.3 Å². The number of rotatable bonds is 1.